The van der Waals surface area contributed by atoms with E-state index in [4.69, 9.17) is 4.74 Å². The van der Waals surface area contributed by atoms with Gasteiger partial charge in [0.2, 0.25) is 0 Å². The Labute approximate surface area is 134 Å². The molecule has 0 spiro atoms. The van der Waals surface area contributed by atoms with Crippen molar-refractivity contribution in [2.75, 3.05) is 13.6 Å². The van der Waals surface area contributed by atoms with Crippen LogP contribution in [0.5, 0.6) is 5.75 Å². The third-order valence-electron chi connectivity index (χ3n) is 2.94. The maximum absolute atomic E-state index is 12.2. The number of benzene rings is 1. The molecular weight excluding hydrogens is 300 g/mol. The first-order valence-electron chi connectivity index (χ1n) is 6.93. The quantitative estimate of drug-likeness (QED) is 0.888. The van der Waals surface area contributed by atoms with Gasteiger partial charge in [0.1, 0.15) is 12.4 Å². The predicted molar refractivity (Wildman–Crippen MR) is 86.1 cm³/mol. The lowest BCUT2D eigenvalue weighted by Gasteiger charge is -2.25. The number of amides is 1. The molecule has 0 bridgehead atoms. The average molecular weight is 320 g/mol. The van der Waals surface area contributed by atoms with Crippen molar-refractivity contribution < 1.29 is 14.6 Å². The second kappa shape index (κ2) is 6.89. The van der Waals surface area contributed by atoms with Gasteiger partial charge in [-0.2, -0.15) is 0 Å². The Balaban J connectivity index is 1.94. The fourth-order valence-corrected chi connectivity index (χ4v) is 2.58. The molecule has 0 aliphatic rings. The molecule has 1 aromatic carbocycles. The standard InChI is InChI=1S/C16H20N2O3S/c1-16(2,20)10-18(3)15(19)12-4-6-14(7-5-12)21-8-13-9-22-11-17-13/h4-7,9,11,20H,8,10H2,1-3H3. The van der Waals surface area contributed by atoms with Crippen LogP contribution in [0.4, 0.5) is 0 Å². The van der Waals surface area contributed by atoms with E-state index in [1.807, 2.05) is 5.38 Å². The molecule has 0 aliphatic heterocycles. The number of rotatable bonds is 6. The second-order valence-electron chi connectivity index (χ2n) is 5.77. The number of hydrogen-bond acceptors (Lipinski definition) is 5. The summed E-state index contributed by atoms with van der Waals surface area (Å²) < 4.78 is 5.61. The van der Waals surface area contributed by atoms with Gasteiger partial charge in [-0.3, -0.25) is 4.79 Å². The summed E-state index contributed by atoms with van der Waals surface area (Å²) in [4.78, 5) is 17.9. The highest BCUT2D eigenvalue weighted by molar-refractivity contribution is 7.07. The van der Waals surface area contributed by atoms with Crippen LogP contribution >= 0.6 is 11.3 Å². The number of carbonyl (C=O) groups is 1. The first kappa shape index (κ1) is 16.5. The summed E-state index contributed by atoms with van der Waals surface area (Å²) >= 11 is 1.53. The van der Waals surface area contributed by atoms with E-state index in [1.54, 1.807) is 50.7 Å². The number of likely N-dealkylation sites (N-methyl/N-ethyl adjacent to an activating group) is 1. The molecule has 118 valence electrons. The molecule has 1 amide bonds. The lowest BCUT2D eigenvalue weighted by molar-refractivity contribution is 0.0368. The fourth-order valence-electron chi connectivity index (χ4n) is 2.03. The molecule has 0 atom stereocenters. The molecule has 6 heteroatoms. The Morgan fingerprint density at radius 2 is 2.05 bits per heavy atom. The number of hydrogen-bond donors (Lipinski definition) is 1. The highest BCUT2D eigenvalue weighted by Gasteiger charge is 2.20. The normalized spacial score (nSPS) is 11.3. The lowest BCUT2D eigenvalue weighted by atomic mass is 10.1. The second-order valence-corrected chi connectivity index (χ2v) is 6.49. The third-order valence-corrected chi connectivity index (χ3v) is 3.58. The first-order chi connectivity index (χ1) is 10.3. The molecule has 22 heavy (non-hydrogen) atoms. The number of aromatic nitrogens is 1. The molecule has 0 saturated heterocycles. The summed E-state index contributed by atoms with van der Waals surface area (Å²) in [6.45, 7) is 4.03. The molecule has 1 heterocycles. The SMILES string of the molecule is CN(CC(C)(C)O)C(=O)c1ccc(OCc2cscn2)cc1. The monoisotopic (exact) mass is 320 g/mol. The molecule has 1 N–H and O–H groups in total. The summed E-state index contributed by atoms with van der Waals surface area (Å²) in [6, 6.07) is 6.97. The summed E-state index contributed by atoms with van der Waals surface area (Å²) in [6.07, 6.45) is 0. The van der Waals surface area contributed by atoms with Gasteiger partial charge in [-0.1, -0.05) is 0 Å². The molecule has 0 aliphatic carbocycles. The Kier molecular flexibility index (Phi) is 5.15. The predicted octanol–water partition coefficient (Wildman–Crippen LogP) is 2.57. The van der Waals surface area contributed by atoms with Gasteiger partial charge in [0.15, 0.2) is 0 Å². The van der Waals surface area contributed by atoms with Crippen molar-refractivity contribution in [3.63, 3.8) is 0 Å². The van der Waals surface area contributed by atoms with E-state index in [0.29, 0.717) is 17.9 Å². The van der Waals surface area contributed by atoms with Crippen LogP contribution in [0.3, 0.4) is 0 Å². The van der Waals surface area contributed by atoms with Crippen molar-refractivity contribution in [1.29, 1.82) is 0 Å². The molecule has 1 aromatic heterocycles. The summed E-state index contributed by atoms with van der Waals surface area (Å²) in [5, 5.41) is 11.7. The zero-order valence-electron chi connectivity index (χ0n) is 12.9. The minimum Gasteiger partial charge on any atom is -0.487 e. The van der Waals surface area contributed by atoms with Crippen LogP contribution in [0, 0.1) is 0 Å². The van der Waals surface area contributed by atoms with E-state index in [9.17, 15) is 9.90 Å². The van der Waals surface area contributed by atoms with E-state index in [-0.39, 0.29) is 12.5 Å². The van der Waals surface area contributed by atoms with Gasteiger partial charge >= 0.3 is 0 Å². The lowest BCUT2D eigenvalue weighted by Crippen LogP contribution is -2.39. The summed E-state index contributed by atoms with van der Waals surface area (Å²) in [5.74, 6) is 0.558. The van der Waals surface area contributed by atoms with Crippen molar-refractivity contribution in [3.05, 3.63) is 46.4 Å². The molecule has 2 rings (SSSR count). The highest BCUT2D eigenvalue weighted by Crippen LogP contribution is 2.16. The van der Waals surface area contributed by atoms with Crippen molar-refractivity contribution in [1.82, 2.24) is 9.88 Å². The van der Waals surface area contributed by atoms with E-state index in [0.717, 1.165) is 5.69 Å². The van der Waals surface area contributed by atoms with Gasteiger partial charge in [-0.15, -0.1) is 11.3 Å². The number of carbonyl (C=O) groups excluding carboxylic acids is 1. The van der Waals surface area contributed by atoms with Crippen molar-refractivity contribution >= 4 is 17.2 Å². The topological polar surface area (TPSA) is 62.7 Å². The largest absolute Gasteiger partial charge is 0.487 e. The summed E-state index contributed by atoms with van der Waals surface area (Å²) in [7, 11) is 1.67. The zero-order chi connectivity index (χ0) is 16.2. The molecule has 0 fully saturated rings. The highest BCUT2D eigenvalue weighted by atomic mass is 32.1. The molecule has 0 radical (unpaired) electrons. The van der Waals surface area contributed by atoms with Crippen molar-refractivity contribution in [3.8, 4) is 5.75 Å². The minimum absolute atomic E-state index is 0.131. The molecule has 0 saturated carbocycles. The van der Waals surface area contributed by atoms with Gasteiger partial charge in [0.05, 0.1) is 16.8 Å². The Morgan fingerprint density at radius 3 is 2.59 bits per heavy atom. The minimum atomic E-state index is -0.916. The van der Waals surface area contributed by atoms with E-state index >= 15 is 0 Å². The van der Waals surface area contributed by atoms with Crippen LogP contribution in [0.25, 0.3) is 0 Å². The third kappa shape index (κ3) is 4.82. The fraction of sp³-hybridized carbons (Fsp3) is 0.375. The van der Waals surface area contributed by atoms with E-state index in [2.05, 4.69) is 4.98 Å². The average Bonchev–Trinajstić information content (AvgIpc) is 2.96. The maximum Gasteiger partial charge on any atom is 0.253 e. The van der Waals surface area contributed by atoms with E-state index in [1.165, 1.54) is 16.2 Å². The van der Waals surface area contributed by atoms with Crippen LogP contribution in [0.2, 0.25) is 0 Å². The number of thiazole rings is 1. The van der Waals surface area contributed by atoms with Crippen LogP contribution in [0.1, 0.15) is 29.9 Å². The van der Waals surface area contributed by atoms with Crippen LogP contribution in [-0.4, -0.2) is 40.1 Å². The Hall–Kier alpha value is -1.92. The van der Waals surface area contributed by atoms with Gasteiger partial charge in [0, 0.05) is 24.5 Å². The molecule has 0 unspecified atom stereocenters. The zero-order valence-corrected chi connectivity index (χ0v) is 13.8. The van der Waals surface area contributed by atoms with Crippen LogP contribution in [0.15, 0.2) is 35.2 Å². The van der Waals surface area contributed by atoms with Crippen molar-refractivity contribution in [2.24, 2.45) is 0 Å². The molecule has 2 aromatic rings. The van der Waals surface area contributed by atoms with Gasteiger partial charge < -0.3 is 14.7 Å². The van der Waals surface area contributed by atoms with Crippen molar-refractivity contribution in [2.45, 2.75) is 26.1 Å². The van der Waals surface area contributed by atoms with Gasteiger partial charge in [-0.05, 0) is 38.1 Å². The van der Waals surface area contributed by atoms with Gasteiger partial charge in [-0.25, -0.2) is 4.98 Å². The number of nitrogens with zero attached hydrogens (tertiary/aromatic N) is 2. The molecular formula is C16H20N2O3S. The summed E-state index contributed by atoms with van der Waals surface area (Å²) in [5.41, 5.74) is 2.29. The van der Waals surface area contributed by atoms with E-state index < -0.39 is 5.60 Å². The Morgan fingerprint density at radius 1 is 1.36 bits per heavy atom. The van der Waals surface area contributed by atoms with Gasteiger partial charge in [0.25, 0.3) is 5.91 Å². The van der Waals surface area contributed by atoms with Crippen LogP contribution in [-0.2, 0) is 6.61 Å². The Bertz CT molecular complexity index is 603. The smallest absolute Gasteiger partial charge is 0.253 e. The number of aliphatic hydroxyl groups is 1. The maximum atomic E-state index is 12.2. The van der Waals surface area contributed by atoms with Crippen LogP contribution < -0.4 is 4.74 Å². The number of ether oxygens (including phenoxy) is 1. The first-order valence-corrected chi connectivity index (χ1v) is 7.87. The molecule has 5 nitrogen and oxygen atoms in total.